The van der Waals surface area contributed by atoms with Crippen molar-refractivity contribution in [3.63, 3.8) is 0 Å². The smallest absolute Gasteiger partial charge is 0.337 e. The lowest BCUT2D eigenvalue weighted by Gasteiger charge is -1.97. The molecule has 0 aromatic carbocycles. The van der Waals surface area contributed by atoms with Gasteiger partial charge in [0.05, 0.1) is 18.3 Å². The summed E-state index contributed by atoms with van der Waals surface area (Å²) in [5.74, 6) is -0.907. The van der Waals surface area contributed by atoms with Gasteiger partial charge in [-0.25, -0.2) is 4.79 Å². The molecule has 0 fully saturated rings. The highest BCUT2D eigenvalue weighted by atomic mass is 16.4. The molecule has 0 atom stereocenters. The van der Waals surface area contributed by atoms with E-state index in [-0.39, 0.29) is 0 Å². The van der Waals surface area contributed by atoms with E-state index >= 15 is 0 Å². The maximum absolute atomic E-state index is 10.6. The van der Waals surface area contributed by atoms with E-state index in [9.17, 15) is 4.79 Å². The Kier molecular flexibility index (Phi) is 2.06. The maximum atomic E-state index is 10.6. The van der Waals surface area contributed by atoms with Crippen LogP contribution in [0.5, 0.6) is 0 Å². The Hall–Kier alpha value is -2.04. The highest BCUT2D eigenvalue weighted by Gasteiger charge is 2.04. The van der Waals surface area contributed by atoms with Gasteiger partial charge in [0.25, 0.3) is 0 Å². The molecule has 2 aromatic heterocycles. The third-order valence-electron chi connectivity index (χ3n) is 1.92. The number of carboxylic acid groups (broad SMARTS) is 1. The van der Waals surface area contributed by atoms with E-state index in [0.717, 1.165) is 5.56 Å². The van der Waals surface area contributed by atoms with Crippen LogP contribution in [0.2, 0.25) is 0 Å². The summed E-state index contributed by atoms with van der Waals surface area (Å²) in [5.41, 5.74) is 1.31. The van der Waals surface area contributed by atoms with Crippen LogP contribution in [-0.2, 0) is 6.54 Å². The normalized spacial score (nSPS) is 10.3. The lowest BCUT2D eigenvalue weighted by molar-refractivity contribution is 0.0697. The number of nitrogens with zero attached hydrogens (tertiary/aromatic N) is 2. The number of aromatic carboxylic acids is 1. The van der Waals surface area contributed by atoms with Crippen LogP contribution in [0.1, 0.15) is 15.9 Å². The second-order valence-electron chi connectivity index (χ2n) is 2.98. The zero-order chi connectivity index (χ0) is 9.97. The van der Waals surface area contributed by atoms with E-state index < -0.39 is 5.97 Å². The molecule has 14 heavy (non-hydrogen) atoms. The lowest BCUT2D eigenvalue weighted by atomic mass is 10.3. The van der Waals surface area contributed by atoms with Crippen molar-refractivity contribution >= 4 is 5.97 Å². The van der Waals surface area contributed by atoms with Gasteiger partial charge in [-0.2, -0.15) is 5.10 Å². The molecule has 72 valence electrons. The van der Waals surface area contributed by atoms with Crippen molar-refractivity contribution < 1.29 is 9.90 Å². The molecular weight excluding hydrogens is 182 g/mol. The third kappa shape index (κ3) is 1.66. The summed E-state index contributed by atoms with van der Waals surface area (Å²) in [4.78, 5) is 10.6. The topological polar surface area (TPSA) is 70.9 Å². The maximum Gasteiger partial charge on any atom is 0.337 e. The van der Waals surface area contributed by atoms with Gasteiger partial charge in [0.1, 0.15) is 0 Å². The molecule has 2 heterocycles. The molecule has 0 saturated carbocycles. The lowest BCUT2D eigenvalue weighted by Crippen LogP contribution is -1.97. The van der Waals surface area contributed by atoms with Crippen molar-refractivity contribution in [1.29, 1.82) is 0 Å². The van der Waals surface area contributed by atoms with E-state index in [4.69, 9.17) is 5.11 Å². The molecule has 5 heteroatoms. The standard InChI is InChI=1S/C9H9N3O2/c13-9(14)8-1-2-12(6-8)5-7-3-10-11-4-7/h1-4,6H,5H2,(H,10,11)(H,13,14). The van der Waals surface area contributed by atoms with E-state index in [1.165, 1.54) is 0 Å². The van der Waals surface area contributed by atoms with Gasteiger partial charge in [0.2, 0.25) is 0 Å². The summed E-state index contributed by atoms with van der Waals surface area (Å²) < 4.78 is 1.80. The van der Waals surface area contributed by atoms with Crippen molar-refractivity contribution in [2.24, 2.45) is 0 Å². The number of hydrogen-bond acceptors (Lipinski definition) is 2. The number of carboxylic acids is 1. The summed E-state index contributed by atoms with van der Waals surface area (Å²) >= 11 is 0. The number of H-pyrrole nitrogens is 1. The van der Waals surface area contributed by atoms with Crippen LogP contribution in [0.25, 0.3) is 0 Å². The van der Waals surface area contributed by atoms with Crippen molar-refractivity contribution in [3.05, 3.63) is 42.0 Å². The third-order valence-corrected chi connectivity index (χ3v) is 1.92. The molecule has 0 aliphatic rings. The van der Waals surface area contributed by atoms with Crippen molar-refractivity contribution in [2.45, 2.75) is 6.54 Å². The Labute approximate surface area is 80.0 Å². The SMILES string of the molecule is O=C(O)c1ccn(Cc2cn[nH]c2)c1. The van der Waals surface area contributed by atoms with Gasteiger partial charge in [-0.3, -0.25) is 5.10 Å². The summed E-state index contributed by atoms with van der Waals surface area (Å²) in [7, 11) is 0. The number of nitrogens with one attached hydrogen (secondary N) is 1. The quantitative estimate of drug-likeness (QED) is 0.759. The van der Waals surface area contributed by atoms with Gasteiger partial charge in [-0.1, -0.05) is 0 Å². The first-order chi connectivity index (χ1) is 6.75. The Balaban J connectivity index is 2.14. The monoisotopic (exact) mass is 191 g/mol. The number of hydrogen-bond donors (Lipinski definition) is 2. The number of aromatic nitrogens is 3. The first kappa shape index (κ1) is 8.55. The molecule has 0 aliphatic heterocycles. The molecule has 5 nitrogen and oxygen atoms in total. The largest absolute Gasteiger partial charge is 0.478 e. The Morgan fingerprint density at radius 2 is 2.50 bits per heavy atom. The average Bonchev–Trinajstić information content (AvgIpc) is 2.75. The minimum Gasteiger partial charge on any atom is -0.478 e. The molecule has 0 bridgehead atoms. The fraction of sp³-hybridized carbons (Fsp3) is 0.111. The molecule has 0 aliphatic carbocycles. The molecule has 0 spiro atoms. The molecule has 2 aromatic rings. The molecule has 0 unspecified atom stereocenters. The van der Waals surface area contributed by atoms with E-state index in [1.54, 1.807) is 35.4 Å². The van der Waals surface area contributed by atoms with Crippen LogP contribution in [0, 0.1) is 0 Å². The number of rotatable bonds is 3. The van der Waals surface area contributed by atoms with Crippen molar-refractivity contribution in [2.75, 3.05) is 0 Å². The highest BCUT2D eigenvalue weighted by Crippen LogP contribution is 2.04. The Morgan fingerprint density at radius 3 is 3.07 bits per heavy atom. The van der Waals surface area contributed by atoms with Crippen molar-refractivity contribution in [1.82, 2.24) is 14.8 Å². The summed E-state index contributed by atoms with van der Waals surface area (Å²) in [6.07, 6.45) is 6.81. The molecule has 2 N–H and O–H groups in total. The van der Waals surface area contributed by atoms with Gasteiger partial charge < -0.3 is 9.67 Å². The van der Waals surface area contributed by atoms with E-state index in [1.807, 2.05) is 0 Å². The molecular formula is C9H9N3O2. The predicted octanol–water partition coefficient (Wildman–Crippen LogP) is 0.958. The first-order valence-electron chi connectivity index (χ1n) is 4.12. The van der Waals surface area contributed by atoms with Crippen LogP contribution in [-0.4, -0.2) is 25.8 Å². The molecule has 0 radical (unpaired) electrons. The molecule has 2 rings (SSSR count). The zero-order valence-corrected chi connectivity index (χ0v) is 7.34. The first-order valence-corrected chi connectivity index (χ1v) is 4.12. The fourth-order valence-corrected chi connectivity index (χ4v) is 1.24. The summed E-state index contributed by atoms with van der Waals surface area (Å²) in [6, 6.07) is 1.57. The molecule has 0 saturated heterocycles. The van der Waals surface area contributed by atoms with E-state index in [0.29, 0.717) is 12.1 Å². The minimum atomic E-state index is -0.907. The van der Waals surface area contributed by atoms with Gasteiger partial charge in [0, 0.05) is 24.2 Å². The fourth-order valence-electron chi connectivity index (χ4n) is 1.24. The second kappa shape index (κ2) is 3.37. The molecule has 0 amide bonds. The van der Waals surface area contributed by atoms with Crippen LogP contribution in [0.15, 0.2) is 30.9 Å². The van der Waals surface area contributed by atoms with Crippen LogP contribution >= 0.6 is 0 Å². The summed E-state index contributed by atoms with van der Waals surface area (Å²) in [6.45, 7) is 0.629. The predicted molar refractivity (Wildman–Crippen MR) is 49.1 cm³/mol. The van der Waals surface area contributed by atoms with Crippen molar-refractivity contribution in [3.8, 4) is 0 Å². The van der Waals surface area contributed by atoms with Gasteiger partial charge in [-0.05, 0) is 6.07 Å². The van der Waals surface area contributed by atoms with Crippen LogP contribution in [0.4, 0.5) is 0 Å². The minimum absolute atomic E-state index is 0.300. The Morgan fingerprint density at radius 1 is 1.64 bits per heavy atom. The number of aromatic amines is 1. The number of carbonyl (C=O) groups is 1. The highest BCUT2D eigenvalue weighted by molar-refractivity contribution is 5.87. The van der Waals surface area contributed by atoms with Crippen LogP contribution in [0.3, 0.4) is 0 Å². The average molecular weight is 191 g/mol. The van der Waals surface area contributed by atoms with Crippen LogP contribution < -0.4 is 0 Å². The zero-order valence-electron chi connectivity index (χ0n) is 7.34. The van der Waals surface area contributed by atoms with Gasteiger partial charge in [-0.15, -0.1) is 0 Å². The van der Waals surface area contributed by atoms with Gasteiger partial charge >= 0.3 is 5.97 Å². The summed E-state index contributed by atoms with van der Waals surface area (Å²) in [5, 5.41) is 15.2. The Bertz CT molecular complexity index is 431. The van der Waals surface area contributed by atoms with Gasteiger partial charge in [0.15, 0.2) is 0 Å². The van der Waals surface area contributed by atoms with E-state index in [2.05, 4.69) is 10.2 Å². The second-order valence-corrected chi connectivity index (χ2v) is 2.98.